The molecule has 1 aliphatic heterocycles. The Morgan fingerprint density at radius 2 is 1.96 bits per heavy atom. The number of nitrogens with one attached hydrogen (secondary N) is 1. The Kier molecular flexibility index (Phi) is 4.84. The lowest BCUT2D eigenvalue weighted by atomic mass is 10.1. The summed E-state index contributed by atoms with van der Waals surface area (Å²) in [6, 6.07) is 8.70. The van der Waals surface area contributed by atoms with Gasteiger partial charge >= 0.3 is 0 Å². The molecule has 0 bridgehead atoms. The number of hydrogen-bond donors (Lipinski definition) is 1. The zero-order chi connectivity index (χ0) is 19.1. The van der Waals surface area contributed by atoms with Crippen molar-refractivity contribution in [2.45, 2.75) is 19.0 Å². The third-order valence-corrected chi connectivity index (χ3v) is 5.61. The van der Waals surface area contributed by atoms with E-state index < -0.39 is 5.82 Å². The highest BCUT2D eigenvalue weighted by molar-refractivity contribution is 7.99. The standard InChI is InChI=1S/C18H14Cl2FN5S/c1-9-3-4-15(10(2)5-9)22-16-8-27-18-24-23-17(26(18)25-16)11-6-14(21)13(20)7-12(11)19/h3-7H,8H2,1-2H3,(H,22,25). The van der Waals surface area contributed by atoms with Crippen LogP contribution in [-0.2, 0) is 0 Å². The van der Waals surface area contributed by atoms with Gasteiger partial charge in [-0.05, 0) is 37.6 Å². The molecule has 138 valence electrons. The first-order chi connectivity index (χ1) is 12.9. The lowest BCUT2D eigenvalue weighted by Crippen LogP contribution is -2.30. The lowest BCUT2D eigenvalue weighted by Gasteiger charge is -2.19. The molecule has 2 heterocycles. The van der Waals surface area contributed by atoms with Crippen LogP contribution in [0.4, 0.5) is 10.1 Å². The van der Waals surface area contributed by atoms with E-state index in [4.69, 9.17) is 28.2 Å². The molecule has 3 aromatic rings. The van der Waals surface area contributed by atoms with Crippen LogP contribution >= 0.6 is 35.0 Å². The minimum atomic E-state index is -0.568. The fourth-order valence-electron chi connectivity index (χ4n) is 2.76. The average molecular weight is 422 g/mol. The molecule has 0 saturated carbocycles. The van der Waals surface area contributed by atoms with E-state index in [1.165, 1.54) is 29.5 Å². The lowest BCUT2D eigenvalue weighted by molar-refractivity contribution is 0.628. The molecule has 0 spiro atoms. The minimum Gasteiger partial charge on any atom is -0.276 e. The van der Waals surface area contributed by atoms with Crippen LogP contribution < -0.4 is 5.43 Å². The van der Waals surface area contributed by atoms with Crippen LogP contribution in [-0.4, -0.2) is 26.5 Å². The number of halogens is 3. The second-order valence-electron chi connectivity index (χ2n) is 6.14. The van der Waals surface area contributed by atoms with Gasteiger partial charge in [0.1, 0.15) is 11.7 Å². The maximum atomic E-state index is 13.9. The van der Waals surface area contributed by atoms with Crippen molar-refractivity contribution in [2.75, 3.05) is 11.2 Å². The van der Waals surface area contributed by atoms with Gasteiger partial charge in [0, 0.05) is 5.56 Å². The molecule has 0 radical (unpaired) electrons. The van der Waals surface area contributed by atoms with Crippen molar-refractivity contribution >= 4 is 46.5 Å². The Morgan fingerprint density at radius 1 is 1.15 bits per heavy atom. The number of aliphatic imine (C=N–C) groups is 1. The summed E-state index contributed by atoms with van der Waals surface area (Å²) in [4.78, 5) is 4.71. The van der Waals surface area contributed by atoms with E-state index >= 15 is 0 Å². The second kappa shape index (κ2) is 7.14. The van der Waals surface area contributed by atoms with Crippen LogP contribution in [0.5, 0.6) is 0 Å². The molecule has 0 fully saturated rings. The van der Waals surface area contributed by atoms with Crippen LogP contribution in [0.1, 0.15) is 11.1 Å². The molecular formula is C18H14Cl2FN5S. The summed E-state index contributed by atoms with van der Waals surface area (Å²) in [6.45, 7) is 4.07. The highest BCUT2D eigenvalue weighted by atomic mass is 35.5. The fourth-order valence-corrected chi connectivity index (χ4v) is 3.98. The molecule has 27 heavy (non-hydrogen) atoms. The topological polar surface area (TPSA) is 55.1 Å². The summed E-state index contributed by atoms with van der Waals surface area (Å²) in [5.74, 6) is 1.19. The maximum absolute atomic E-state index is 13.9. The van der Waals surface area contributed by atoms with Crippen LogP contribution in [0.15, 0.2) is 40.5 Å². The maximum Gasteiger partial charge on any atom is 0.211 e. The molecule has 1 N–H and O–H groups in total. The van der Waals surface area contributed by atoms with Crippen molar-refractivity contribution < 1.29 is 4.39 Å². The third kappa shape index (κ3) is 3.54. The summed E-state index contributed by atoms with van der Waals surface area (Å²) in [6.07, 6.45) is 0. The largest absolute Gasteiger partial charge is 0.276 e. The summed E-state index contributed by atoms with van der Waals surface area (Å²) >= 11 is 13.5. The van der Waals surface area contributed by atoms with Crippen LogP contribution in [0.2, 0.25) is 10.0 Å². The van der Waals surface area contributed by atoms with Gasteiger partial charge in [-0.2, -0.15) is 0 Å². The van der Waals surface area contributed by atoms with Gasteiger partial charge in [-0.1, -0.05) is 52.7 Å². The van der Waals surface area contributed by atoms with E-state index in [1.807, 2.05) is 26.0 Å². The normalized spacial score (nSPS) is 14.9. The molecular weight excluding hydrogens is 408 g/mol. The molecule has 0 atom stereocenters. The van der Waals surface area contributed by atoms with Crippen molar-refractivity contribution in [3.63, 3.8) is 0 Å². The zero-order valence-electron chi connectivity index (χ0n) is 14.4. The number of fused-ring (bicyclic) bond motifs is 1. The fraction of sp³-hybridized carbons (Fsp3) is 0.167. The summed E-state index contributed by atoms with van der Waals surface area (Å²) in [7, 11) is 0. The molecule has 5 nitrogen and oxygen atoms in total. The molecule has 0 amide bonds. The predicted molar refractivity (Wildman–Crippen MR) is 109 cm³/mol. The van der Waals surface area contributed by atoms with E-state index in [2.05, 4.69) is 21.7 Å². The minimum absolute atomic E-state index is 0.0402. The number of hydrogen-bond acceptors (Lipinski definition) is 4. The highest BCUT2D eigenvalue weighted by Crippen LogP contribution is 2.33. The monoisotopic (exact) mass is 421 g/mol. The summed E-state index contributed by atoms with van der Waals surface area (Å²) in [5, 5.41) is 9.19. The predicted octanol–water partition coefficient (Wildman–Crippen LogP) is 5.39. The molecule has 0 aliphatic carbocycles. The van der Waals surface area contributed by atoms with Crippen LogP contribution in [0.3, 0.4) is 0 Å². The van der Waals surface area contributed by atoms with Gasteiger partial charge in [-0.3, -0.25) is 5.43 Å². The van der Waals surface area contributed by atoms with Gasteiger partial charge in [-0.15, -0.1) is 10.2 Å². The second-order valence-corrected chi connectivity index (χ2v) is 7.89. The highest BCUT2D eigenvalue weighted by Gasteiger charge is 2.23. The number of thioether (sulfide) groups is 1. The zero-order valence-corrected chi connectivity index (χ0v) is 16.8. The van der Waals surface area contributed by atoms with Gasteiger partial charge in [0.2, 0.25) is 5.16 Å². The van der Waals surface area contributed by atoms with Crippen molar-refractivity contribution in [1.29, 1.82) is 0 Å². The molecule has 4 rings (SSSR count). The average Bonchev–Trinajstić information content (AvgIpc) is 3.03. The number of aryl methyl sites for hydroxylation is 2. The smallest absolute Gasteiger partial charge is 0.211 e. The Labute approximate surface area is 169 Å². The van der Waals surface area contributed by atoms with Crippen molar-refractivity contribution in [3.05, 3.63) is 57.3 Å². The Bertz CT molecular complexity index is 1080. The summed E-state index contributed by atoms with van der Waals surface area (Å²) in [5.41, 5.74) is 6.77. The molecule has 1 aliphatic rings. The molecule has 1 aromatic heterocycles. The van der Waals surface area contributed by atoms with E-state index in [9.17, 15) is 4.39 Å². The number of rotatable bonds is 2. The number of aromatic nitrogens is 3. The number of amidine groups is 1. The molecule has 9 heteroatoms. The number of nitrogens with zero attached hydrogens (tertiary/aromatic N) is 4. The van der Waals surface area contributed by atoms with Gasteiger partial charge < -0.3 is 0 Å². The molecule has 2 aromatic carbocycles. The summed E-state index contributed by atoms with van der Waals surface area (Å²) < 4.78 is 15.6. The van der Waals surface area contributed by atoms with Gasteiger partial charge in [0.15, 0.2) is 5.82 Å². The first kappa shape index (κ1) is 18.3. The van der Waals surface area contributed by atoms with E-state index in [0.717, 1.165) is 17.1 Å². The van der Waals surface area contributed by atoms with Crippen LogP contribution in [0, 0.1) is 19.7 Å². The first-order valence-corrected chi connectivity index (χ1v) is 9.81. The van der Waals surface area contributed by atoms with E-state index in [-0.39, 0.29) is 5.02 Å². The van der Waals surface area contributed by atoms with Crippen molar-refractivity contribution in [1.82, 2.24) is 14.9 Å². The van der Waals surface area contributed by atoms with E-state index in [0.29, 0.717) is 27.3 Å². The number of benzene rings is 2. The SMILES string of the molecule is Cc1ccc(N=C2CSc3nnc(-c4cc(F)c(Cl)cc4Cl)n3N2)c(C)c1. The Balaban J connectivity index is 1.72. The molecule has 0 saturated heterocycles. The van der Waals surface area contributed by atoms with Crippen LogP contribution in [0.25, 0.3) is 11.4 Å². The third-order valence-electron chi connectivity index (χ3n) is 4.07. The van der Waals surface area contributed by atoms with E-state index in [1.54, 1.807) is 4.68 Å². The van der Waals surface area contributed by atoms with Gasteiger partial charge in [0.05, 0.1) is 21.5 Å². The van der Waals surface area contributed by atoms with Gasteiger partial charge in [0.25, 0.3) is 0 Å². The quantitative estimate of drug-likeness (QED) is 0.563. The van der Waals surface area contributed by atoms with Crippen molar-refractivity contribution in [2.24, 2.45) is 4.99 Å². The Morgan fingerprint density at radius 3 is 2.74 bits per heavy atom. The van der Waals surface area contributed by atoms with Gasteiger partial charge in [-0.25, -0.2) is 14.1 Å². The first-order valence-electron chi connectivity index (χ1n) is 8.07. The van der Waals surface area contributed by atoms with Crippen molar-refractivity contribution in [3.8, 4) is 11.4 Å². The molecule has 0 unspecified atom stereocenters. The Hall–Kier alpha value is -2.09.